The van der Waals surface area contributed by atoms with Crippen molar-refractivity contribution in [2.45, 2.75) is 13.5 Å². The summed E-state index contributed by atoms with van der Waals surface area (Å²) in [5.74, 6) is 0.785. The largest absolute Gasteiger partial charge is 0.496 e. The Morgan fingerprint density at radius 1 is 1.17 bits per heavy atom. The normalized spacial score (nSPS) is 10.8. The van der Waals surface area contributed by atoms with Crippen LogP contribution in [-0.4, -0.2) is 23.2 Å². The number of para-hydroxylation sites is 1. The Balaban J connectivity index is 1.46. The van der Waals surface area contributed by atoms with Gasteiger partial charge in [-0.05, 0) is 43.3 Å². The number of hydrogen-bond acceptors (Lipinski definition) is 7. The van der Waals surface area contributed by atoms with Crippen LogP contribution in [0.3, 0.4) is 0 Å². The van der Waals surface area contributed by atoms with Crippen molar-refractivity contribution in [3.05, 3.63) is 75.9 Å². The van der Waals surface area contributed by atoms with Gasteiger partial charge in [0.05, 0.1) is 12.7 Å². The maximum atomic E-state index is 12.5. The topological polar surface area (TPSA) is 74.5 Å². The van der Waals surface area contributed by atoms with E-state index in [1.54, 1.807) is 24.6 Å². The highest BCUT2D eigenvalue weighted by atomic mass is 35.5. The molecule has 4 aromatic rings. The van der Waals surface area contributed by atoms with Gasteiger partial charge in [0, 0.05) is 21.5 Å². The summed E-state index contributed by atoms with van der Waals surface area (Å²) in [7, 11) is 1.60. The minimum atomic E-state index is -0.525. The van der Waals surface area contributed by atoms with Crippen molar-refractivity contribution in [2.24, 2.45) is 0 Å². The first-order valence-corrected chi connectivity index (χ1v) is 10.3. The van der Waals surface area contributed by atoms with Crippen molar-refractivity contribution in [1.82, 2.24) is 10.1 Å². The number of aromatic nitrogens is 2. The van der Waals surface area contributed by atoms with E-state index in [1.807, 2.05) is 43.3 Å². The fraction of sp³-hybridized carbons (Fsp3) is 0.136. The van der Waals surface area contributed by atoms with Crippen LogP contribution in [-0.2, 0) is 11.3 Å². The third-order valence-electron chi connectivity index (χ3n) is 4.52. The molecule has 0 unspecified atom stereocenters. The van der Waals surface area contributed by atoms with Crippen molar-refractivity contribution < 1.29 is 18.8 Å². The van der Waals surface area contributed by atoms with E-state index >= 15 is 0 Å². The van der Waals surface area contributed by atoms with Gasteiger partial charge in [0.2, 0.25) is 0 Å². The molecule has 0 saturated carbocycles. The molecule has 152 valence electrons. The molecule has 2 aromatic heterocycles. The number of hydrogen-bond donors (Lipinski definition) is 0. The molecule has 0 saturated heterocycles. The highest BCUT2D eigenvalue weighted by molar-refractivity contribution is 7.13. The highest BCUT2D eigenvalue weighted by Gasteiger charge is 2.18. The molecule has 0 atom stereocenters. The van der Waals surface area contributed by atoms with Crippen LogP contribution in [0.15, 0.2) is 58.4 Å². The zero-order chi connectivity index (χ0) is 21.1. The maximum Gasteiger partial charge on any atom is 0.358 e. The van der Waals surface area contributed by atoms with Gasteiger partial charge in [-0.15, -0.1) is 11.3 Å². The second kappa shape index (κ2) is 8.69. The lowest BCUT2D eigenvalue weighted by atomic mass is 10.1. The van der Waals surface area contributed by atoms with Crippen molar-refractivity contribution in [3.63, 3.8) is 0 Å². The molecule has 2 heterocycles. The van der Waals surface area contributed by atoms with Crippen LogP contribution < -0.4 is 4.74 Å². The minimum absolute atomic E-state index is 0.0106. The van der Waals surface area contributed by atoms with Gasteiger partial charge >= 0.3 is 5.97 Å². The van der Waals surface area contributed by atoms with Crippen LogP contribution in [0.5, 0.6) is 5.75 Å². The summed E-state index contributed by atoms with van der Waals surface area (Å²) in [5, 5.41) is 7.02. The number of methoxy groups -OCH3 is 1. The molecule has 0 aliphatic carbocycles. The zero-order valence-corrected chi connectivity index (χ0v) is 17.8. The summed E-state index contributed by atoms with van der Waals surface area (Å²) >= 11 is 7.28. The summed E-state index contributed by atoms with van der Waals surface area (Å²) in [5.41, 5.74) is 3.26. The summed E-state index contributed by atoms with van der Waals surface area (Å²) < 4.78 is 16.2. The third-order valence-corrected chi connectivity index (χ3v) is 5.65. The average molecular weight is 441 g/mol. The summed E-state index contributed by atoms with van der Waals surface area (Å²) in [6.45, 7) is 1.86. The predicted octanol–water partition coefficient (Wildman–Crippen LogP) is 5.79. The number of nitrogens with zero attached hydrogens (tertiary/aromatic N) is 2. The van der Waals surface area contributed by atoms with E-state index in [0.29, 0.717) is 27.2 Å². The van der Waals surface area contributed by atoms with Crippen LogP contribution in [0.25, 0.3) is 21.9 Å². The number of halogens is 1. The van der Waals surface area contributed by atoms with Gasteiger partial charge in [-0.2, -0.15) is 0 Å². The first-order chi connectivity index (χ1) is 14.6. The van der Waals surface area contributed by atoms with Crippen LogP contribution in [0.1, 0.15) is 21.7 Å². The first-order valence-electron chi connectivity index (χ1n) is 9.04. The molecule has 2 aromatic carbocycles. The molecule has 4 rings (SSSR count). The van der Waals surface area contributed by atoms with Crippen molar-refractivity contribution in [2.75, 3.05) is 7.11 Å². The quantitative estimate of drug-likeness (QED) is 0.353. The Morgan fingerprint density at radius 3 is 2.70 bits per heavy atom. The summed E-state index contributed by atoms with van der Waals surface area (Å²) in [6, 6.07) is 14.8. The molecule has 0 bridgehead atoms. The zero-order valence-electron chi connectivity index (χ0n) is 16.2. The SMILES string of the molecule is COc1ccccc1-c1nc(C(=O)OCc2noc(-c3ccc(Cl)cc3)c2C)cs1. The molecule has 0 amide bonds. The van der Waals surface area contributed by atoms with Crippen molar-refractivity contribution >= 4 is 28.9 Å². The number of carbonyl (C=O) groups excluding carboxylic acids is 1. The van der Waals surface area contributed by atoms with Crippen LogP contribution in [0, 0.1) is 6.92 Å². The van der Waals surface area contributed by atoms with Crippen molar-refractivity contribution in [1.29, 1.82) is 0 Å². The fourth-order valence-corrected chi connectivity index (χ4v) is 3.84. The van der Waals surface area contributed by atoms with E-state index in [4.69, 9.17) is 25.6 Å². The maximum absolute atomic E-state index is 12.5. The van der Waals surface area contributed by atoms with E-state index in [9.17, 15) is 4.79 Å². The molecule has 30 heavy (non-hydrogen) atoms. The molecule has 0 spiro atoms. The fourth-order valence-electron chi connectivity index (χ4n) is 2.89. The number of benzene rings is 2. The van der Waals surface area contributed by atoms with E-state index in [1.165, 1.54) is 11.3 Å². The number of esters is 1. The lowest BCUT2D eigenvalue weighted by Crippen LogP contribution is -2.06. The molecule has 0 radical (unpaired) electrons. The van der Waals surface area contributed by atoms with Gasteiger partial charge in [-0.1, -0.05) is 28.9 Å². The number of ether oxygens (including phenoxy) is 2. The second-order valence-corrected chi connectivity index (χ2v) is 7.70. The van der Waals surface area contributed by atoms with E-state index in [0.717, 1.165) is 16.7 Å². The first kappa shape index (κ1) is 20.1. The van der Waals surface area contributed by atoms with Gasteiger partial charge in [0.25, 0.3) is 0 Å². The van der Waals surface area contributed by atoms with Gasteiger partial charge in [0.1, 0.15) is 23.1 Å². The molecule has 0 aliphatic heterocycles. The minimum Gasteiger partial charge on any atom is -0.496 e. The lowest BCUT2D eigenvalue weighted by molar-refractivity contribution is 0.0458. The molecule has 6 nitrogen and oxygen atoms in total. The molecular weight excluding hydrogens is 424 g/mol. The van der Waals surface area contributed by atoms with E-state index in [-0.39, 0.29) is 12.3 Å². The Morgan fingerprint density at radius 2 is 1.93 bits per heavy atom. The molecule has 8 heteroatoms. The predicted molar refractivity (Wildman–Crippen MR) is 115 cm³/mol. The Hall–Kier alpha value is -3.16. The van der Waals surface area contributed by atoms with Gasteiger partial charge in [-0.3, -0.25) is 0 Å². The highest BCUT2D eigenvalue weighted by Crippen LogP contribution is 2.32. The smallest absolute Gasteiger partial charge is 0.358 e. The Bertz CT molecular complexity index is 1180. The molecule has 0 fully saturated rings. The Labute approximate surface area is 182 Å². The third kappa shape index (κ3) is 4.08. The monoisotopic (exact) mass is 440 g/mol. The second-order valence-electron chi connectivity index (χ2n) is 6.40. The average Bonchev–Trinajstić information content (AvgIpc) is 3.40. The number of carbonyl (C=O) groups is 1. The van der Waals surface area contributed by atoms with Crippen LogP contribution in [0.4, 0.5) is 0 Å². The van der Waals surface area contributed by atoms with Gasteiger partial charge in [-0.25, -0.2) is 9.78 Å². The Kier molecular flexibility index (Phi) is 5.83. The lowest BCUT2D eigenvalue weighted by Gasteiger charge is -2.04. The number of thiazole rings is 1. The van der Waals surface area contributed by atoms with Crippen LogP contribution in [0.2, 0.25) is 5.02 Å². The van der Waals surface area contributed by atoms with E-state index < -0.39 is 5.97 Å². The van der Waals surface area contributed by atoms with Gasteiger partial charge < -0.3 is 14.0 Å². The molecule has 0 N–H and O–H groups in total. The van der Waals surface area contributed by atoms with E-state index in [2.05, 4.69) is 10.1 Å². The summed E-state index contributed by atoms with van der Waals surface area (Å²) in [6.07, 6.45) is 0. The summed E-state index contributed by atoms with van der Waals surface area (Å²) in [4.78, 5) is 16.9. The molecule has 0 aliphatic rings. The van der Waals surface area contributed by atoms with Gasteiger partial charge in [0.15, 0.2) is 11.5 Å². The molecular formula is C22H17ClN2O4S. The number of rotatable bonds is 6. The standard InChI is InChI=1S/C22H17ClN2O4S/c1-13-17(25-29-20(13)14-7-9-15(23)10-8-14)11-28-22(26)18-12-30-21(24-18)16-5-3-4-6-19(16)27-2/h3-10,12H,11H2,1-2H3. The van der Waals surface area contributed by atoms with Crippen LogP contribution >= 0.6 is 22.9 Å². The van der Waals surface area contributed by atoms with Crippen molar-refractivity contribution in [3.8, 4) is 27.6 Å².